The molecule has 49 heavy (non-hydrogen) atoms. The van der Waals surface area contributed by atoms with Crippen molar-refractivity contribution in [1.29, 1.82) is 0 Å². The van der Waals surface area contributed by atoms with Gasteiger partial charge >= 0.3 is 0 Å². The van der Waals surface area contributed by atoms with E-state index in [2.05, 4.69) is 46.0 Å². The molecule has 8 nitrogen and oxygen atoms in total. The van der Waals surface area contributed by atoms with Crippen molar-refractivity contribution in [2.24, 2.45) is 51.6 Å². The van der Waals surface area contributed by atoms with Gasteiger partial charge in [0.25, 0.3) is 0 Å². The molecule has 0 spiro atoms. The monoisotopic (exact) mass is 678 g/mol. The first kappa shape index (κ1) is 34.4. The van der Waals surface area contributed by atoms with Crippen LogP contribution in [0.2, 0.25) is 0 Å². The zero-order valence-corrected chi connectivity index (χ0v) is 30.8. The fourth-order valence-electron chi connectivity index (χ4n) is 13.0. The first-order valence-corrected chi connectivity index (χ1v) is 19.6. The van der Waals surface area contributed by atoms with Crippen molar-refractivity contribution in [2.45, 2.75) is 154 Å². The molecule has 8 aliphatic rings. The predicted molar refractivity (Wildman–Crippen MR) is 188 cm³/mol. The van der Waals surface area contributed by atoms with Crippen LogP contribution in [0.3, 0.4) is 0 Å². The van der Waals surface area contributed by atoms with Crippen LogP contribution in [-0.2, 0) is 14.3 Å². The second kappa shape index (κ2) is 11.1. The summed E-state index contributed by atoms with van der Waals surface area (Å²) in [6.07, 6.45) is 12.9. The first-order chi connectivity index (χ1) is 23.0. The van der Waals surface area contributed by atoms with Crippen LogP contribution in [-0.4, -0.2) is 69.4 Å². The number of fused-ring (bicyclic) bond motifs is 2. The van der Waals surface area contributed by atoms with Gasteiger partial charge in [0.2, 0.25) is 0 Å². The van der Waals surface area contributed by atoms with Gasteiger partial charge in [0.05, 0.1) is 23.1 Å². The lowest BCUT2D eigenvalue weighted by Crippen LogP contribution is -2.65. The van der Waals surface area contributed by atoms with E-state index in [-0.39, 0.29) is 47.1 Å². The normalized spacial score (nSPS) is 48.9. The summed E-state index contributed by atoms with van der Waals surface area (Å²) in [7, 11) is 0. The molecule has 0 bridgehead atoms. The van der Waals surface area contributed by atoms with Crippen LogP contribution in [0.1, 0.15) is 119 Å². The van der Waals surface area contributed by atoms with Crippen LogP contribution in [0, 0.1) is 45.8 Å². The number of carbonyl (C=O) groups excluding carboxylic acids is 1. The zero-order chi connectivity index (χ0) is 34.9. The number of ether oxygens (including phenoxy) is 2. The van der Waals surface area contributed by atoms with Gasteiger partial charge in [-0.05, 0) is 141 Å². The Labute approximate surface area is 293 Å². The number of hydrogen-bond acceptors (Lipinski definition) is 8. The Bertz CT molecular complexity index is 1500. The van der Waals surface area contributed by atoms with E-state index in [1.54, 1.807) is 0 Å². The summed E-state index contributed by atoms with van der Waals surface area (Å²) in [5, 5.41) is 39.6. The summed E-state index contributed by atoms with van der Waals surface area (Å²) in [4.78, 5) is 14.3. The smallest absolute Gasteiger partial charge is 0.162 e. The number of allylic oxidation sites excluding steroid dienone is 3. The van der Waals surface area contributed by atoms with Gasteiger partial charge in [-0.2, -0.15) is 0 Å². The van der Waals surface area contributed by atoms with Gasteiger partial charge in [0.15, 0.2) is 5.78 Å². The Hall–Kier alpha value is -1.71. The maximum atomic E-state index is 14.3. The summed E-state index contributed by atoms with van der Waals surface area (Å²) in [6, 6.07) is 0. The van der Waals surface area contributed by atoms with Crippen molar-refractivity contribution >= 4 is 5.78 Å². The predicted octanol–water partition coefficient (Wildman–Crippen LogP) is 5.45. The molecule has 3 heterocycles. The minimum Gasteiger partial charge on any atom is -0.393 e. The highest BCUT2D eigenvalue weighted by Crippen LogP contribution is 2.75. The Kier molecular flexibility index (Phi) is 7.82. The van der Waals surface area contributed by atoms with Gasteiger partial charge in [-0.25, -0.2) is 0 Å². The molecule has 3 saturated carbocycles. The third kappa shape index (κ3) is 4.68. The number of hydrogen-bond donors (Lipinski definition) is 5. The quantitative estimate of drug-likeness (QED) is 0.224. The number of ketones is 1. The Morgan fingerprint density at radius 1 is 1.08 bits per heavy atom. The van der Waals surface area contributed by atoms with Crippen LogP contribution in [0.15, 0.2) is 34.7 Å². The van der Waals surface area contributed by atoms with Crippen molar-refractivity contribution in [3.8, 4) is 0 Å². The number of nitrogens with two attached hydrogens (primary N) is 1. The molecule has 5 aliphatic carbocycles. The molecule has 8 rings (SSSR count). The molecule has 6 N–H and O–H groups in total. The number of dihydropyridines is 1. The fraction of sp³-hybridized carbons (Fsp3) is 0.829. The summed E-state index contributed by atoms with van der Waals surface area (Å²) in [5.74, 6) is 1.46. The SMILES string of the molecule is C[C@@H]1CCO[C@]([C@H]2C[C@@H]3CCC4=C5[C@H](CC[C@@]2(C)[C@]53O)[C@@]2(C)CC[C@H](O)C[C@H]2C4=O)([C@H]2O[C@@H]2[C@](C)(O)C(C)(C)CCC2=CCNC(N)=C2)C1. The molecule has 8 heteroatoms. The average Bonchev–Trinajstić information content (AvgIpc) is 3.83. The Morgan fingerprint density at radius 2 is 1.86 bits per heavy atom. The molecule has 2 saturated heterocycles. The highest BCUT2D eigenvalue weighted by Gasteiger charge is 2.77. The second-order valence-electron chi connectivity index (χ2n) is 19.2. The number of epoxide rings is 1. The molecule has 0 unspecified atom stereocenters. The molecule has 0 aromatic heterocycles. The summed E-state index contributed by atoms with van der Waals surface area (Å²) < 4.78 is 13.8. The van der Waals surface area contributed by atoms with Gasteiger partial charge in [0.1, 0.15) is 17.8 Å². The molecule has 272 valence electrons. The lowest BCUT2D eigenvalue weighted by atomic mass is 9.42. The maximum absolute atomic E-state index is 14.3. The summed E-state index contributed by atoms with van der Waals surface area (Å²) >= 11 is 0. The van der Waals surface area contributed by atoms with Crippen LogP contribution in [0.25, 0.3) is 0 Å². The summed E-state index contributed by atoms with van der Waals surface area (Å²) in [5.41, 5.74) is 5.29. The second-order valence-corrected chi connectivity index (χ2v) is 19.2. The number of aliphatic hydroxyl groups is 3. The van der Waals surface area contributed by atoms with Crippen LogP contribution < -0.4 is 11.1 Å². The first-order valence-electron chi connectivity index (χ1n) is 19.6. The number of Topliss-reactive ketones (excluding diaryl/α,β-unsaturated/α-hetero) is 1. The number of nitrogens with one attached hydrogen (secondary N) is 1. The van der Waals surface area contributed by atoms with E-state index < -0.39 is 33.7 Å². The van der Waals surface area contributed by atoms with Gasteiger partial charge in [-0.1, -0.05) is 40.7 Å². The van der Waals surface area contributed by atoms with Crippen molar-refractivity contribution in [3.63, 3.8) is 0 Å². The highest BCUT2D eigenvalue weighted by atomic mass is 16.6. The molecule has 5 fully saturated rings. The molecule has 3 aliphatic heterocycles. The number of carbonyl (C=O) groups is 1. The van der Waals surface area contributed by atoms with E-state index >= 15 is 0 Å². The third-order valence-corrected chi connectivity index (χ3v) is 16.4. The molecule has 0 radical (unpaired) electrons. The molecular weight excluding hydrogens is 616 g/mol. The van der Waals surface area contributed by atoms with Gasteiger partial charge < -0.3 is 35.8 Å². The maximum Gasteiger partial charge on any atom is 0.162 e. The lowest BCUT2D eigenvalue weighted by Gasteiger charge is -2.63. The summed E-state index contributed by atoms with van der Waals surface area (Å²) in [6.45, 7) is 14.5. The molecule has 13 atom stereocenters. The molecule has 0 amide bonds. The minimum absolute atomic E-state index is 0.0429. The average molecular weight is 679 g/mol. The van der Waals surface area contributed by atoms with Crippen LogP contribution >= 0.6 is 0 Å². The molecular formula is C41H62N2O6. The molecule has 0 aromatic carbocycles. The van der Waals surface area contributed by atoms with Crippen LogP contribution in [0.5, 0.6) is 0 Å². The van der Waals surface area contributed by atoms with E-state index in [4.69, 9.17) is 15.2 Å². The van der Waals surface area contributed by atoms with Gasteiger partial charge in [-0.15, -0.1) is 0 Å². The van der Waals surface area contributed by atoms with E-state index in [0.29, 0.717) is 24.8 Å². The van der Waals surface area contributed by atoms with Crippen molar-refractivity contribution in [2.75, 3.05) is 13.2 Å². The van der Waals surface area contributed by atoms with E-state index in [0.717, 1.165) is 88.3 Å². The topological polar surface area (TPSA) is 138 Å². The largest absolute Gasteiger partial charge is 0.393 e. The third-order valence-electron chi connectivity index (χ3n) is 16.4. The number of aliphatic hydroxyl groups excluding tert-OH is 1. The van der Waals surface area contributed by atoms with Crippen molar-refractivity contribution in [1.82, 2.24) is 5.32 Å². The number of rotatable bonds is 7. The fourth-order valence-corrected chi connectivity index (χ4v) is 13.0. The Balaban J connectivity index is 1.13. The standard InChI is InChI=1S/C41H62N2O6/c1-23-13-18-48-40(22-23,35-34(49-35)39(6,46)36(2,3)14-9-24-12-17-43-31(42)19-24)30-20-25-7-8-27-32-28(11-16-38(30,5)41(25,32)47)37(4)15-10-26(44)21-29(37)33(27)45/h12,19,23,25-26,28-30,34-35,43-44,46-47H,7-11,13-18,20-22,42H2,1-6H3/t23-,25+,26+,28+,29+,30+,34+,35+,37-,38-,39+,40-,41-/m1/s1. The Morgan fingerprint density at radius 3 is 2.59 bits per heavy atom. The molecule has 0 aromatic rings. The van der Waals surface area contributed by atoms with E-state index in [1.165, 1.54) is 5.57 Å². The van der Waals surface area contributed by atoms with E-state index in [1.807, 2.05) is 13.0 Å². The van der Waals surface area contributed by atoms with Crippen molar-refractivity contribution < 1.29 is 29.6 Å². The van der Waals surface area contributed by atoms with Crippen LogP contribution in [0.4, 0.5) is 0 Å². The minimum atomic E-state index is -1.10. The van der Waals surface area contributed by atoms with Gasteiger partial charge in [-0.3, -0.25) is 4.79 Å². The van der Waals surface area contributed by atoms with Gasteiger partial charge in [0, 0.05) is 24.5 Å². The van der Waals surface area contributed by atoms with E-state index in [9.17, 15) is 20.1 Å². The zero-order valence-electron chi connectivity index (χ0n) is 30.8. The highest BCUT2D eigenvalue weighted by molar-refractivity contribution is 6.00. The van der Waals surface area contributed by atoms with Crippen molar-refractivity contribution in [3.05, 3.63) is 34.7 Å². The lowest BCUT2D eigenvalue weighted by molar-refractivity contribution is -0.197.